The minimum absolute atomic E-state index is 0.302. The zero-order valence-corrected chi connectivity index (χ0v) is 11.6. The van der Waals surface area contributed by atoms with Crippen molar-refractivity contribution in [3.8, 4) is 5.75 Å². The van der Waals surface area contributed by atoms with E-state index in [0.29, 0.717) is 24.3 Å². The molecule has 0 unspecified atom stereocenters. The van der Waals surface area contributed by atoms with Crippen LogP contribution in [-0.4, -0.2) is 16.3 Å². The predicted molar refractivity (Wildman–Crippen MR) is 80.4 cm³/mol. The fraction of sp³-hybridized carbons (Fsp3) is 0.118. The van der Waals surface area contributed by atoms with E-state index in [0.717, 1.165) is 22.3 Å². The van der Waals surface area contributed by atoms with Crippen molar-refractivity contribution in [3.63, 3.8) is 0 Å². The van der Waals surface area contributed by atoms with Crippen LogP contribution in [0.3, 0.4) is 0 Å². The van der Waals surface area contributed by atoms with E-state index < -0.39 is 0 Å². The van der Waals surface area contributed by atoms with Crippen LogP contribution in [0.1, 0.15) is 21.9 Å². The predicted octanol–water partition coefficient (Wildman–Crippen LogP) is 3.33. The Morgan fingerprint density at radius 3 is 2.76 bits per heavy atom. The molecule has 0 atom stereocenters. The number of hydrogen-bond acceptors (Lipinski definition) is 4. The molecule has 0 saturated heterocycles. The van der Waals surface area contributed by atoms with E-state index in [-0.39, 0.29) is 0 Å². The summed E-state index contributed by atoms with van der Waals surface area (Å²) < 4.78 is 5.66. The summed E-state index contributed by atoms with van der Waals surface area (Å²) in [5.74, 6) is 0.477. The van der Waals surface area contributed by atoms with Gasteiger partial charge in [-0.15, -0.1) is 0 Å². The number of hydrogen-bond donors (Lipinski definition) is 0. The van der Waals surface area contributed by atoms with E-state index in [4.69, 9.17) is 4.74 Å². The number of para-hydroxylation sites is 1. The van der Waals surface area contributed by atoms with Crippen LogP contribution >= 0.6 is 0 Å². The summed E-state index contributed by atoms with van der Waals surface area (Å²) in [6.07, 6.45) is 0.705. The second-order valence-corrected chi connectivity index (χ2v) is 4.74. The Hall–Kier alpha value is -2.75. The highest BCUT2D eigenvalue weighted by atomic mass is 16.5. The maximum atomic E-state index is 11.0. The van der Waals surface area contributed by atoms with Gasteiger partial charge in [0.2, 0.25) is 0 Å². The van der Waals surface area contributed by atoms with Gasteiger partial charge in [0.25, 0.3) is 0 Å². The Morgan fingerprint density at radius 2 is 1.90 bits per heavy atom. The third-order valence-electron chi connectivity index (χ3n) is 3.17. The molecule has 1 aromatic carbocycles. The van der Waals surface area contributed by atoms with Gasteiger partial charge >= 0.3 is 0 Å². The standard InChI is InChI=1S/C17H14N2O2/c1-12-6-9-17(16(10-20)18-12)21-11-14-8-7-13-4-2-3-5-15(13)19-14/h2-10H,11H2,1H3. The number of fused-ring (bicyclic) bond motifs is 1. The first kappa shape index (κ1) is 13.2. The van der Waals surface area contributed by atoms with Crippen LogP contribution in [0.2, 0.25) is 0 Å². The molecule has 0 aliphatic heterocycles. The van der Waals surface area contributed by atoms with Crippen LogP contribution in [0.5, 0.6) is 5.75 Å². The van der Waals surface area contributed by atoms with E-state index in [1.165, 1.54) is 0 Å². The molecule has 0 N–H and O–H groups in total. The number of aryl methyl sites for hydroxylation is 1. The lowest BCUT2D eigenvalue weighted by atomic mass is 10.2. The Kier molecular flexibility index (Phi) is 3.60. The van der Waals surface area contributed by atoms with Gasteiger partial charge in [0, 0.05) is 11.1 Å². The van der Waals surface area contributed by atoms with E-state index in [2.05, 4.69) is 9.97 Å². The van der Waals surface area contributed by atoms with Crippen molar-refractivity contribution in [3.05, 3.63) is 65.6 Å². The quantitative estimate of drug-likeness (QED) is 0.687. The Labute approximate surface area is 122 Å². The normalized spacial score (nSPS) is 10.5. The second kappa shape index (κ2) is 5.71. The Balaban J connectivity index is 1.81. The van der Waals surface area contributed by atoms with Crippen molar-refractivity contribution in [2.24, 2.45) is 0 Å². The molecule has 3 rings (SSSR count). The molecule has 104 valence electrons. The van der Waals surface area contributed by atoms with Crippen LogP contribution in [0.25, 0.3) is 10.9 Å². The lowest BCUT2D eigenvalue weighted by Gasteiger charge is -2.08. The number of rotatable bonds is 4. The maximum absolute atomic E-state index is 11.0. The lowest BCUT2D eigenvalue weighted by Crippen LogP contribution is -2.02. The zero-order valence-electron chi connectivity index (χ0n) is 11.6. The van der Waals surface area contributed by atoms with Crippen molar-refractivity contribution < 1.29 is 9.53 Å². The second-order valence-electron chi connectivity index (χ2n) is 4.74. The van der Waals surface area contributed by atoms with Gasteiger partial charge in [0.05, 0.1) is 11.2 Å². The summed E-state index contributed by atoms with van der Waals surface area (Å²) >= 11 is 0. The summed E-state index contributed by atoms with van der Waals surface area (Å²) in [6.45, 7) is 2.14. The average molecular weight is 278 g/mol. The molecular weight excluding hydrogens is 264 g/mol. The first-order valence-electron chi connectivity index (χ1n) is 6.66. The number of benzene rings is 1. The molecule has 0 aliphatic carbocycles. The van der Waals surface area contributed by atoms with Crippen molar-refractivity contribution in [2.75, 3.05) is 0 Å². The number of carbonyl (C=O) groups is 1. The van der Waals surface area contributed by atoms with Crippen LogP contribution in [0, 0.1) is 6.92 Å². The van der Waals surface area contributed by atoms with Crippen molar-refractivity contribution >= 4 is 17.2 Å². The van der Waals surface area contributed by atoms with Gasteiger partial charge in [-0.3, -0.25) is 4.79 Å². The topological polar surface area (TPSA) is 52.1 Å². The smallest absolute Gasteiger partial charge is 0.172 e. The van der Waals surface area contributed by atoms with Gasteiger partial charge in [-0.05, 0) is 31.2 Å². The van der Waals surface area contributed by atoms with Gasteiger partial charge in [-0.1, -0.05) is 24.3 Å². The molecule has 2 aromatic heterocycles. The molecule has 0 spiro atoms. The largest absolute Gasteiger partial charge is 0.485 e. The van der Waals surface area contributed by atoms with Crippen molar-refractivity contribution in [1.29, 1.82) is 0 Å². The van der Waals surface area contributed by atoms with Gasteiger partial charge in [-0.2, -0.15) is 0 Å². The van der Waals surface area contributed by atoms with E-state index >= 15 is 0 Å². The molecule has 4 nitrogen and oxygen atoms in total. The Bertz CT molecular complexity index is 800. The third-order valence-corrected chi connectivity index (χ3v) is 3.17. The lowest BCUT2D eigenvalue weighted by molar-refractivity contribution is 0.111. The van der Waals surface area contributed by atoms with Gasteiger partial charge in [0.15, 0.2) is 6.29 Å². The minimum atomic E-state index is 0.302. The molecule has 4 heteroatoms. The number of carbonyl (C=O) groups excluding carboxylic acids is 1. The number of nitrogens with zero attached hydrogens (tertiary/aromatic N) is 2. The monoisotopic (exact) mass is 278 g/mol. The molecule has 0 fully saturated rings. The highest BCUT2D eigenvalue weighted by molar-refractivity contribution is 5.78. The average Bonchev–Trinajstić information content (AvgIpc) is 2.53. The van der Waals surface area contributed by atoms with E-state index in [9.17, 15) is 4.79 Å². The summed E-state index contributed by atoms with van der Waals surface area (Å²) in [4.78, 5) is 19.7. The molecule has 3 aromatic rings. The van der Waals surface area contributed by atoms with Gasteiger partial charge < -0.3 is 4.74 Å². The summed E-state index contributed by atoms with van der Waals surface area (Å²) in [5, 5.41) is 1.09. The molecule has 0 amide bonds. The molecule has 0 radical (unpaired) electrons. The summed E-state index contributed by atoms with van der Waals surface area (Å²) in [6, 6.07) is 15.4. The first-order valence-corrected chi connectivity index (χ1v) is 6.66. The minimum Gasteiger partial charge on any atom is -0.485 e. The Morgan fingerprint density at radius 1 is 1.05 bits per heavy atom. The fourth-order valence-electron chi connectivity index (χ4n) is 2.11. The van der Waals surface area contributed by atoms with Crippen LogP contribution in [0.4, 0.5) is 0 Å². The first-order chi connectivity index (χ1) is 10.3. The highest BCUT2D eigenvalue weighted by Gasteiger charge is 2.06. The zero-order chi connectivity index (χ0) is 14.7. The fourth-order valence-corrected chi connectivity index (χ4v) is 2.11. The van der Waals surface area contributed by atoms with Gasteiger partial charge in [0.1, 0.15) is 18.1 Å². The van der Waals surface area contributed by atoms with E-state index in [1.54, 1.807) is 6.07 Å². The molecule has 0 aliphatic rings. The molecule has 2 heterocycles. The number of aldehydes is 1. The SMILES string of the molecule is Cc1ccc(OCc2ccc3ccccc3n2)c(C=O)n1. The van der Waals surface area contributed by atoms with Crippen LogP contribution in [-0.2, 0) is 6.61 Å². The summed E-state index contributed by atoms with van der Waals surface area (Å²) in [5.41, 5.74) is 2.84. The third kappa shape index (κ3) is 2.89. The summed E-state index contributed by atoms with van der Waals surface area (Å²) in [7, 11) is 0. The van der Waals surface area contributed by atoms with Crippen molar-refractivity contribution in [1.82, 2.24) is 9.97 Å². The maximum Gasteiger partial charge on any atom is 0.172 e. The molecular formula is C17H14N2O2. The highest BCUT2D eigenvalue weighted by Crippen LogP contribution is 2.17. The number of aromatic nitrogens is 2. The molecule has 0 saturated carbocycles. The van der Waals surface area contributed by atoms with Crippen molar-refractivity contribution in [2.45, 2.75) is 13.5 Å². The molecule has 21 heavy (non-hydrogen) atoms. The number of pyridine rings is 2. The van der Waals surface area contributed by atoms with Crippen LogP contribution < -0.4 is 4.74 Å². The van der Waals surface area contributed by atoms with Gasteiger partial charge in [-0.25, -0.2) is 9.97 Å². The van der Waals surface area contributed by atoms with Crippen LogP contribution in [0.15, 0.2) is 48.5 Å². The number of ether oxygens (including phenoxy) is 1. The van der Waals surface area contributed by atoms with E-state index in [1.807, 2.05) is 49.4 Å². The molecule has 0 bridgehead atoms.